The average Bonchev–Trinajstić information content (AvgIpc) is 3.25. The number of hydrogen-bond donors (Lipinski definition) is 0. The fourth-order valence-electron chi connectivity index (χ4n) is 3.73. The Bertz CT molecular complexity index is 1070. The molecular weight excluding hydrogens is 402 g/mol. The van der Waals surface area contributed by atoms with E-state index in [1.165, 1.54) is 5.56 Å². The Labute approximate surface area is 179 Å². The summed E-state index contributed by atoms with van der Waals surface area (Å²) in [5.41, 5.74) is 2.61. The molecule has 0 bridgehead atoms. The number of nitrogens with zero attached hydrogens (tertiary/aromatic N) is 3. The highest BCUT2D eigenvalue weighted by Crippen LogP contribution is 2.37. The Morgan fingerprint density at radius 3 is 2.37 bits per heavy atom. The van der Waals surface area contributed by atoms with Gasteiger partial charge in [0, 0.05) is 26.2 Å². The number of anilines is 1. The molecule has 7 nitrogen and oxygen atoms in total. The van der Waals surface area contributed by atoms with Gasteiger partial charge < -0.3 is 24.0 Å². The maximum atomic E-state index is 13.1. The molecule has 0 atom stereocenters. The van der Waals surface area contributed by atoms with E-state index in [0.717, 1.165) is 34.2 Å². The highest BCUT2D eigenvalue weighted by atomic mass is 32.1. The zero-order valence-corrected chi connectivity index (χ0v) is 18.4. The summed E-state index contributed by atoms with van der Waals surface area (Å²) >= 11 is 1.67. The SMILES string of the molecule is COc1cccc(C(=O)N2CCN(c3nc4c(OC)ccc(C)c4s3)CC2)c1OC. The van der Waals surface area contributed by atoms with E-state index in [1.54, 1.807) is 44.8 Å². The summed E-state index contributed by atoms with van der Waals surface area (Å²) in [5, 5.41) is 0.962. The molecule has 2 aromatic carbocycles. The van der Waals surface area contributed by atoms with E-state index in [-0.39, 0.29) is 5.91 Å². The van der Waals surface area contributed by atoms with Crippen molar-refractivity contribution in [2.24, 2.45) is 0 Å². The quantitative estimate of drug-likeness (QED) is 0.620. The van der Waals surface area contributed by atoms with Crippen molar-refractivity contribution in [3.05, 3.63) is 41.5 Å². The molecule has 0 spiro atoms. The largest absolute Gasteiger partial charge is 0.494 e. The van der Waals surface area contributed by atoms with Crippen LogP contribution in [-0.2, 0) is 0 Å². The zero-order chi connectivity index (χ0) is 21.3. The van der Waals surface area contributed by atoms with Crippen LogP contribution in [0.1, 0.15) is 15.9 Å². The first-order chi connectivity index (χ1) is 14.6. The average molecular weight is 428 g/mol. The van der Waals surface area contributed by atoms with Crippen molar-refractivity contribution in [3.63, 3.8) is 0 Å². The number of piperazine rings is 1. The van der Waals surface area contributed by atoms with E-state index in [4.69, 9.17) is 19.2 Å². The number of aromatic nitrogens is 1. The van der Waals surface area contributed by atoms with Gasteiger partial charge in [-0.15, -0.1) is 0 Å². The predicted molar refractivity (Wildman–Crippen MR) is 119 cm³/mol. The highest BCUT2D eigenvalue weighted by molar-refractivity contribution is 7.22. The van der Waals surface area contributed by atoms with Crippen LogP contribution in [0.15, 0.2) is 30.3 Å². The Hall–Kier alpha value is -3.00. The van der Waals surface area contributed by atoms with Crippen LogP contribution in [0.25, 0.3) is 10.2 Å². The van der Waals surface area contributed by atoms with Crippen molar-refractivity contribution in [1.29, 1.82) is 0 Å². The van der Waals surface area contributed by atoms with E-state index in [1.807, 2.05) is 17.0 Å². The lowest BCUT2D eigenvalue weighted by Crippen LogP contribution is -2.48. The summed E-state index contributed by atoms with van der Waals surface area (Å²) in [6, 6.07) is 9.39. The number of fused-ring (bicyclic) bond motifs is 1. The molecule has 0 aliphatic carbocycles. The standard InChI is InChI=1S/C22H25N3O4S/c1-14-8-9-16(27-2)18-20(14)30-22(23-18)25-12-10-24(11-13-25)21(26)15-6-5-7-17(28-3)19(15)29-4/h5-9H,10-13H2,1-4H3. The third-order valence-electron chi connectivity index (χ3n) is 5.38. The lowest BCUT2D eigenvalue weighted by molar-refractivity contribution is 0.0742. The number of carbonyl (C=O) groups excluding carboxylic acids is 1. The molecule has 0 radical (unpaired) electrons. The molecule has 1 amide bonds. The molecule has 8 heteroatoms. The molecular formula is C22H25N3O4S. The van der Waals surface area contributed by atoms with Crippen LogP contribution in [0.5, 0.6) is 17.2 Å². The van der Waals surface area contributed by atoms with Crippen molar-refractivity contribution >= 4 is 32.6 Å². The number of aryl methyl sites for hydroxylation is 1. The van der Waals surface area contributed by atoms with Gasteiger partial charge in [-0.2, -0.15) is 0 Å². The van der Waals surface area contributed by atoms with E-state index in [0.29, 0.717) is 30.2 Å². The number of hydrogen-bond acceptors (Lipinski definition) is 7. The molecule has 0 N–H and O–H groups in total. The van der Waals surface area contributed by atoms with E-state index in [2.05, 4.69) is 17.9 Å². The van der Waals surface area contributed by atoms with Crippen molar-refractivity contribution < 1.29 is 19.0 Å². The molecule has 0 unspecified atom stereocenters. The summed E-state index contributed by atoms with van der Waals surface area (Å²) in [6.07, 6.45) is 0. The molecule has 1 fully saturated rings. The lowest BCUT2D eigenvalue weighted by atomic mass is 10.1. The van der Waals surface area contributed by atoms with Crippen LogP contribution < -0.4 is 19.1 Å². The van der Waals surface area contributed by atoms with E-state index >= 15 is 0 Å². The first-order valence-electron chi connectivity index (χ1n) is 9.76. The van der Waals surface area contributed by atoms with Gasteiger partial charge in [0.05, 0.1) is 31.6 Å². The second-order valence-electron chi connectivity index (χ2n) is 7.08. The fraction of sp³-hybridized carbons (Fsp3) is 0.364. The van der Waals surface area contributed by atoms with Gasteiger partial charge in [-0.3, -0.25) is 4.79 Å². The van der Waals surface area contributed by atoms with Gasteiger partial charge in [-0.1, -0.05) is 23.5 Å². The number of carbonyl (C=O) groups is 1. The van der Waals surface area contributed by atoms with Crippen molar-refractivity contribution in [2.45, 2.75) is 6.92 Å². The van der Waals surface area contributed by atoms with Crippen molar-refractivity contribution in [2.75, 3.05) is 52.4 Å². The zero-order valence-electron chi connectivity index (χ0n) is 17.6. The summed E-state index contributed by atoms with van der Waals surface area (Å²) in [5.74, 6) is 1.77. The van der Waals surface area contributed by atoms with Gasteiger partial charge in [0.15, 0.2) is 16.6 Å². The van der Waals surface area contributed by atoms with Gasteiger partial charge in [0.1, 0.15) is 11.3 Å². The van der Waals surface area contributed by atoms with Gasteiger partial charge in [-0.05, 0) is 30.7 Å². The number of para-hydroxylation sites is 1. The summed E-state index contributed by atoms with van der Waals surface area (Å²) in [7, 11) is 4.79. The third kappa shape index (κ3) is 3.52. The maximum Gasteiger partial charge on any atom is 0.257 e. The Morgan fingerprint density at radius 2 is 1.70 bits per heavy atom. The maximum absolute atomic E-state index is 13.1. The molecule has 1 saturated heterocycles. The molecule has 158 valence electrons. The van der Waals surface area contributed by atoms with Crippen LogP contribution in [-0.4, -0.2) is 63.3 Å². The fourth-order valence-corrected chi connectivity index (χ4v) is 4.83. The van der Waals surface area contributed by atoms with Crippen molar-refractivity contribution in [1.82, 2.24) is 9.88 Å². The van der Waals surface area contributed by atoms with Crippen LogP contribution >= 0.6 is 11.3 Å². The Morgan fingerprint density at radius 1 is 0.967 bits per heavy atom. The molecule has 0 saturated carbocycles. The number of benzene rings is 2. The van der Waals surface area contributed by atoms with Crippen LogP contribution in [0, 0.1) is 6.92 Å². The van der Waals surface area contributed by atoms with Gasteiger partial charge >= 0.3 is 0 Å². The minimum absolute atomic E-state index is 0.0489. The normalized spacial score (nSPS) is 14.1. The van der Waals surface area contributed by atoms with Crippen LogP contribution in [0.2, 0.25) is 0 Å². The number of rotatable bonds is 5. The number of amides is 1. The molecule has 1 aromatic heterocycles. The number of methoxy groups -OCH3 is 3. The molecule has 1 aliphatic rings. The molecule has 4 rings (SSSR count). The molecule has 1 aliphatic heterocycles. The molecule has 3 aromatic rings. The molecule has 30 heavy (non-hydrogen) atoms. The minimum atomic E-state index is -0.0489. The summed E-state index contributed by atoms with van der Waals surface area (Å²) < 4.78 is 17.4. The van der Waals surface area contributed by atoms with Gasteiger partial charge in [0.25, 0.3) is 5.91 Å². The topological polar surface area (TPSA) is 64.1 Å². The summed E-state index contributed by atoms with van der Waals surface area (Å²) in [4.78, 5) is 22.0. The number of ether oxygens (including phenoxy) is 3. The molecule has 2 heterocycles. The third-order valence-corrected chi connectivity index (χ3v) is 6.63. The van der Waals surface area contributed by atoms with Gasteiger partial charge in [-0.25, -0.2) is 4.98 Å². The minimum Gasteiger partial charge on any atom is -0.494 e. The lowest BCUT2D eigenvalue weighted by Gasteiger charge is -2.34. The highest BCUT2D eigenvalue weighted by Gasteiger charge is 2.27. The first-order valence-corrected chi connectivity index (χ1v) is 10.6. The second-order valence-corrected chi connectivity index (χ2v) is 8.06. The summed E-state index contributed by atoms with van der Waals surface area (Å²) in [6.45, 7) is 4.76. The van der Waals surface area contributed by atoms with Gasteiger partial charge in [0.2, 0.25) is 0 Å². The van der Waals surface area contributed by atoms with E-state index in [9.17, 15) is 4.79 Å². The van der Waals surface area contributed by atoms with Crippen LogP contribution in [0.4, 0.5) is 5.13 Å². The number of thiazole rings is 1. The van der Waals surface area contributed by atoms with Crippen molar-refractivity contribution in [3.8, 4) is 17.2 Å². The van der Waals surface area contributed by atoms with Crippen LogP contribution in [0.3, 0.4) is 0 Å². The smallest absolute Gasteiger partial charge is 0.257 e. The second kappa shape index (κ2) is 8.39. The Balaban J connectivity index is 1.51. The predicted octanol–water partition coefficient (Wildman–Crippen LogP) is 3.59. The Kier molecular flexibility index (Phi) is 5.67. The first kappa shape index (κ1) is 20.3. The monoisotopic (exact) mass is 427 g/mol. The van der Waals surface area contributed by atoms with E-state index < -0.39 is 0 Å².